The van der Waals surface area contributed by atoms with Gasteiger partial charge < -0.3 is 10.6 Å². The van der Waals surface area contributed by atoms with Gasteiger partial charge in [-0.25, -0.2) is 4.98 Å². The molecule has 0 saturated carbocycles. The maximum absolute atomic E-state index is 5.67. The predicted molar refractivity (Wildman–Crippen MR) is 67.2 cm³/mol. The molecular weight excluding hydrogens is 200 g/mol. The lowest BCUT2D eigenvalue weighted by atomic mass is 9.87. The Hall–Kier alpha value is -1.16. The molecule has 4 nitrogen and oxygen atoms in total. The van der Waals surface area contributed by atoms with E-state index in [-0.39, 0.29) is 5.41 Å². The summed E-state index contributed by atoms with van der Waals surface area (Å²) in [6.07, 6.45) is 3.39. The Balaban J connectivity index is 3.00. The van der Waals surface area contributed by atoms with Crippen LogP contribution in [0.4, 0.5) is 5.82 Å². The maximum Gasteiger partial charge on any atom is 0.151 e. The van der Waals surface area contributed by atoms with E-state index < -0.39 is 0 Å². The highest BCUT2D eigenvalue weighted by molar-refractivity contribution is 5.43. The standard InChI is InChI=1S/C12H22N4/c1-9(12(2,3)4)16(5)11-10(8-13)14-6-7-15-11/h6-7,9H,8,13H2,1-5H3. The third-order valence-electron chi connectivity index (χ3n) is 3.11. The molecule has 1 heterocycles. The van der Waals surface area contributed by atoms with Crippen LogP contribution in [0.2, 0.25) is 0 Å². The molecule has 1 atom stereocenters. The zero-order valence-electron chi connectivity index (χ0n) is 10.9. The summed E-state index contributed by atoms with van der Waals surface area (Å²) < 4.78 is 0. The number of rotatable bonds is 3. The summed E-state index contributed by atoms with van der Waals surface area (Å²) in [5.74, 6) is 0.882. The molecule has 0 bridgehead atoms. The first-order valence-corrected chi connectivity index (χ1v) is 5.60. The van der Waals surface area contributed by atoms with Crippen molar-refractivity contribution in [2.24, 2.45) is 11.1 Å². The lowest BCUT2D eigenvalue weighted by Crippen LogP contribution is -2.40. The molecule has 0 saturated heterocycles. The van der Waals surface area contributed by atoms with E-state index in [1.807, 2.05) is 7.05 Å². The number of hydrogen-bond donors (Lipinski definition) is 1. The summed E-state index contributed by atoms with van der Waals surface area (Å²) in [4.78, 5) is 10.8. The molecule has 0 aromatic carbocycles. The van der Waals surface area contributed by atoms with Gasteiger partial charge in [0.1, 0.15) is 0 Å². The second-order valence-corrected chi connectivity index (χ2v) is 5.18. The van der Waals surface area contributed by atoms with Gasteiger partial charge in [-0.15, -0.1) is 0 Å². The molecule has 90 valence electrons. The van der Waals surface area contributed by atoms with Gasteiger partial charge >= 0.3 is 0 Å². The van der Waals surface area contributed by atoms with Crippen molar-refractivity contribution in [1.82, 2.24) is 9.97 Å². The molecule has 1 aromatic heterocycles. The average molecular weight is 222 g/mol. The molecule has 0 amide bonds. The molecule has 2 N–H and O–H groups in total. The Bertz CT molecular complexity index is 343. The number of nitrogens with two attached hydrogens (primary N) is 1. The highest BCUT2D eigenvalue weighted by Crippen LogP contribution is 2.27. The molecule has 1 rings (SSSR count). The monoisotopic (exact) mass is 222 g/mol. The van der Waals surface area contributed by atoms with Crippen LogP contribution in [0.25, 0.3) is 0 Å². The van der Waals surface area contributed by atoms with Crippen LogP contribution in [0.5, 0.6) is 0 Å². The van der Waals surface area contributed by atoms with Crippen LogP contribution < -0.4 is 10.6 Å². The highest BCUT2D eigenvalue weighted by Gasteiger charge is 2.25. The van der Waals surface area contributed by atoms with E-state index in [0.29, 0.717) is 12.6 Å². The first-order valence-electron chi connectivity index (χ1n) is 5.60. The van der Waals surface area contributed by atoms with Crippen LogP contribution in [0.1, 0.15) is 33.4 Å². The van der Waals surface area contributed by atoms with Crippen LogP contribution >= 0.6 is 0 Å². The zero-order valence-corrected chi connectivity index (χ0v) is 10.9. The summed E-state index contributed by atoms with van der Waals surface area (Å²) in [5, 5.41) is 0. The van der Waals surface area contributed by atoms with Gasteiger partial charge in [-0.05, 0) is 12.3 Å². The van der Waals surface area contributed by atoms with Crippen molar-refractivity contribution in [3.05, 3.63) is 18.1 Å². The molecule has 0 spiro atoms. The minimum Gasteiger partial charge on any atom is -0.355 e. The number of anilines is 1. The van der Waals surface area contributed by atoms with E-state index in [0.717, 1.165) is 11.5 Å². The van der Waals surface area contributed by atoms with Crippen molar-refractivity contribution in [2.75, 3.05) is 11.9 Å². The molecule has 16 heavy (non-hydrogen) atoms. The third-order valence-corrected chi connectivity index (χ3v) is 3.11. The van der Waals surface area contributed by atoms with Gasteiger partial charge in [0, 0.05) is 32.0 Å². The van der Waals surface area contributed by atoms with E-state index in [9.17, 15) is 0 Å². The smallest absolute Gasteiger partial charge is 0.151 e. The van der Waals surface area contributed by atoms with Gasteiger partial charge in [-0.2, -0.15) is 0 Å². The summed E-state index contributed by atoms with van der Waals surface area (Å²) in [6.45, 7) is 9.26. The molecule has 0 fully saturated rings. The molecule has 0 aliphatic heterocycles. The van der Waals surface area contributed by atoms with Crippen LogP contribution in [-0.4, -0.2) is 23.1 Å². The second-order valence-electron chi connectivity index (χ2n) is 5.18. The predicted octanol–water partition coefficient (Wildman–Crippen LogP) is 1.81. The minimum atomic E-state index is 0.193. The van der Waals surface area contributed by atoms with E-state index >= 15 is 0 Å². The van der Waals surface area contributed by atoms with E-state index in [1.54, 1.807) is 12.4 Å². The summed E-state index contributed by atoms with van der Waals surface area (Å²) >= 11 is 0. The Morgan fingerprint density at radius 2 is 1.88 bits per heavy atom. The molecule has 1 aromatic rings. The van der Waals surface area contributed by atoms with E-state index in [2.05, 4.69) is 42.6 Å². The normalized spacial score (nSPS) is 13.6. The fourth-order valence-corrected chi connectivity index (χ4v) is 1.56. The zero-order chi connectivity index (χ0) is 12.3. The van der Waals surface area contributed by atoms with Crippen molar-refractivity contribution in [3.8, 4) is 0 Å². The Kier molecular flexibility index (Phi) is 3.86. The number of hydrogen-bond acceptors (Lipinski definition) is 4. The van der Waals surface area contributed by atoms with Gasteiger partial charge in [0.2, 0.25) is 0 Å². The third kappa shape index (κ3) is 2.70. The van der Waals surface area contributed by atoms with Gasteiger partial charge in [-0.3, -0.25) is 4.98 Å². The quantitative estimate of drug-likeness (QED) is 0.847. The Morgan fingerprint density at radius 3 is 2.38 bits per heavy atom. The number of nitrogens with zero attached hydrogens (tertiary/aromatic N) is 3. The van der Waals surface area contributed by atoms with Crippen LogP contribution in [0.3, 0.4) is 0 Å². The van der Waals surface area contributed by atoms with Crippen molar-refractivity contribution in [2.45, 2.75) is 40.3 Å². The summed E-state index contributed by atoms with van der Waals surface area (Å²) in [6, 6.07) is 0.370. The first-order chi connectivity index (χ1) is 7.38. The lowest BCUT2D eigenvalue weighted by Gasteiger charge is -2.36. The van der Waals surface area contributed by atoms with Gasteiger partial charge in [0.05, 0.1) is 5.69 Å². The maximum atomic E-state index is 5.67. The van der Waals surface area contributed by atoms with Gasteiger partial charge in [-0.1, -0.05) is 20.8 Å². The van der Waals surface area contributed by atoms with Crippen molar-refractivity contribution in [1.29, 1.82) is 0 Å². The van der Waals surface area contributed by atoms with Crippen LogP contribution in [0.15, 0.2) is 12.4 Å². The van der Waals surface area contributed by atoms with Crippen LogP contribution in [-0.2, 0) is 6.54 Å². The van der Waals surface area contributed by atoms with Crippen LogP contribution in [0, 0.1) is 5.41 Å². The Morgan fingerprint density at radius 1 is 1.31 bits per heavy atom. The van der Waals surface area contributed by atoms with Crippen molar-refractivity contribution in [3.63, 3.8) is 0 Å². The second kappa shape index (κ2) is 4.78. The fraction of sp³-hybridized carbons (Fsp3) is 0.667. The SMILES string of the molecule is CC(N(C)c1nccnc1CN)C(C)(C)C. The Labute approximate surface area is 97.9 Å². The van der Waals surface area contributed by atoms with E-state index in [4.69, 9.17) is 5.73 Å². The first kappa shape index (κ1) is 12.9. The topological polar surface area (TPSA) is 55.0 Å². The van der Waals surface area contributed by atoms with E-state index in [1.165, 1.54) is 0 Å². The van der Waals surface area contributed by atoms with Crippen molar-refractivity contribution >= 4 is 5.82 Å². The highest BCUT2D eigenvalue weighted by atomic mass is 15.2. The molecule has 0 aliphatic rings. The average Bonchev–Trinajstić information content (AvgIpc) is 2.25. The number of aromatic nitrogens is 2. The molecule has 4 heteroatoms. The lowest BCUT2D eigenvalue weighted by molar-refractivity contribution is 0.328. The molecule has 0 radical (unpaired) electrons. The summed E-state index contributed by atoms with van der Waals surface area (Å²) in [7, 11) is 2.04. The summed E-state index contributed by atoms with van der Waals surface area (Å²) in [5.41, 5.74) is 6.71. The molecular formula is C12H22N4. The largest absolute Gasteiger partial charge is 0.355 e. The van der Waals surface area contributed by atoms with Crippen molar-refractivity contribution < 1.29 is 0 Å². The molecule has 1 unspecified atom stereocenters. The molecule has 0 aliphatic carbocycles. The van der Waals surface area contributed by atoms with Gasteiger partial charge in [0.15, 0.2) is 5.82 Å². The van der Waals surface area contributed by atoms with Gasteiger partial charge in [0.25, 0.3) is 0 Å². The minimum absolute atomic E-state index is 0.193. The fourth-order valence-electron chi connectivity index (χ4n) is 1.56.